The molecule has 4 aromatic carbocycles. The van der Waals surface area contributed by atoms with Crippen LogP contribution in [-0.4, -0.2) is 25.0 Å². The molecule has 0 bridgehead atoms. The summed E-state index contributed by atoms with van der Waals surface area (Å²) >= 11 is 0. The molecule has 2 nitrogen and oxygen atoms in total. The largest absolute Gasteiger partial charge is 0.363 e. The van der Waals surface area contributed by atoms with Gasteiger partial charge < -0.3 is 9.80 Å². The first-order chi connectivity index (χ1) is 15.8. The van der Waals surface area contributed by atoms with E-state index in [1.807, 2.05) is 0 Å². The number of benzene rings is 4. The van der Waals surface area contributed by atoms with Crippen molar-refractivity contribution in [3.05, 3.63) is 120 Å². The molecule has 0 atom stereocenters. The minimum atomic E-state index is 0.884. The van der Waals surface area contributed by atoms with Crippen molar-refractivity contribution in [3.63, 3.8) is 0 Å². The Hall–Kier alpha value is -3.36. The van der Waals surface area contributed by atoms with E-state index in [0.717, 1.165) is 32.6 Å². The molecule has 0 spiro atoms. The number of nitrogens with zero attached hydrogens (tertiary/aromatic N) is 2. The minimum Gasteiger partial charge on any atom is -0.363 e. The summed E-state index contributed by atoms with van der Waals surface area (Å²) in [6.07, 6.45) is 3.54. The summed E-state index contributed by atoms with van der Waals surface area (Å²) in [5, 5.41) is 2.65. The molecule has 0 fully saturated rings. The fraction of sp³-hybridized carbons (Fsp3) is 0.200. The predicted molar refractivity (Wildman–Crippen MR) is 137 cm³/mol. The van der Waals surface area contributed by atoms with Crippen molar-refractivity contribution in [1.29, 1.82) is 0 Å². The van der Waals surface area contributed by atoms with E-state index in [-0.39, 0.29) is 0 Å². The first-order valence-electron chi connectivity index (χ1n) is 11.5. The van der Waals surface area contributed by atoms with Crippen molar-refractivity contribution >= 4 is 22.0 Å². The SMILES string of the molecule is CN1CCC=C(c2cccc3ccc(N(Cc4ccccc4)Cc4ccccc4)cc23)C1. The Kier molecular flexibility index (Phi) is 6.04. The summed E-state index contributed by atoms with van der Waals surface area (Å²) in [6.45, 7) is 3.92. The van der Waals surface area contributed by atoms with Gasteiger partial charge in [0, 0.05) is 31.9 Å². The van der Waals surface area contributed by atoms with Gasteiger partial charge in [0.05, 0.1) is 0 Å². The highest BCUT2D eigenvalue weighted by atomic mass is 15.1. The molecule has 0 saturated heterocycles. The first kappa shape index (κ1) is 20.5. The van der Waals surface area contributed by atoms with Crippen molar-refractivity contribution in [2.75, 3.05) is 25.0 Å². The summed E-state index contributed by atoms with van der Waals surface area (Å²) in [6, 6.07) is 35.2. The number of fused-ring (bicyclic) bond motifs is 1. The Morgan fingerprint density at radius 3 is 2.09 bits per heavy atom. The fourth-order valence-corrected chi connectivity index (χ4v) is 4.67. The second kappa shape index (κ2) is 9.42. The van der Waals surface area contributed by atoms with Crippen LogP contribution in [0.1, 0.15) is 23.1 Å². The van der Waals surface area contributed by atoms with Gasteiger partial charge in [-0.15, -0.1) is 0 Å². The normalized spacial score (nSPS) is 14.3. The lowest BCUT2D eigenvalue weighted by molar-refractivity contribution is 0.373. The molecule has 1 aliphatic heterocycles. The van der Waals surface area contributed by atoms with Gasteiger partial charge in [-0.05, 0) is 58.6 Å². The van der Waals surface area contributed by atoms with Crippen LogP contribution in [0, 0.1) is 0 Å². The first-order valence-corrected chi connectivity index (χ1v) is 11.5. The topological polar surface area (TPSA) is 6.48 Å². The molecule has 160 valence electrons. The van der Waals surface area contributed by atoms with E-state index in [9.17, 15) is 0 Å². The second-order valence-electron chi connectivity index (χ2n) is 8.79. The Bertz CT molecular complexity index is 1170. The Morgan fingerprint density at radius 1 is 0.750 bits per heavy atom. The van der Waals surface area contributed by atoms with E-state index in [4.69, 9.17) is 0 Å². The van der Waals surface area contributed by atoms with Crippen LogP contribution in [-0.2, 0) is 13.1 Å². The maximum Gasteiger partial charge on any atom is 0.0433 e. The van der Waals surface area contributed by atoms with Gasteiger partial charge in [0.15, 0.2) is 0 Å². The van der Waals surface area contributed by atoms with E-state index >= 15 is 0 Å². The van der Waals surface area contributed by atoms with Crippen LogP contribution in [0.5, 0.6) is 0 Å². The van der Waals surface area contributed by atoms with Crippen LogP contribution in [0.3, 0.4) is 0 Å². The van der Waals surface area contributed by atoms with Gasteiger partial charge in [0.2, 0.25) is 0 Å². The summed E-state index contributed by atoms with van der Waals surface area (Å²) in [5.74, 6) is 0. The van der Waals surface area contributed by atoms with Gasteiger partial charge in [-0.25, -0.2) is 0 Å². The van der Waals surface area contributed by atoms with E-state index in [0.29, 0.717) is 0 Å². The lowest BCUT2D eigenvalue weighted by Gasteiger charge is -2.27. The summed E-state index contributed by atoms with van der Waals surface area (Å²) in [7, 11) is 2.21. The number of likely N-dealkylation sites (N-methyl/N-ethyl adjacent to an activating group) is 1. The zero-order chi connectivity index (χ0) is 21.8. The molecule has 0 aromatic heterocycles. The minimum absolute atomic E-state index is 0.884. The summed E-state index contributed by atoms with van der Waals surface area (Å²) in [5.41, 5.74) is 6.73. The van der Waals surface area contributed by atoms with Gasteiger partial charge in [-0.1, -0.05) is 91.0 Å². The van der Waals surface area contributed by atoms with Gasteiger partial charge in [0.1, 0.15) is 0 Å². The third-order valence-electron chi connectivity index (χ3n) is 6.35. The lowest BCUT2D eigenvalue weighted by Crippen LogP contribution is -2.25. The predicted octanol–water partition coefficient (Wildman–Crippen LogP) is 6.77. The fourth-order valence-electron chi connectivity index (χ4n) is 4.67. The average Bonchev–Trinajstić information content (AvgIpc) is 2.84. The standard InChI is InChI=1S/C30H30N2/c1-31-19-9-15-27(23-31)29-16-8-14-26-17-18-28(20-30(26)29)32(21-24-10-4-2-5-11-24)22-25-12-6-3-7-13-25/h2-8,10-18,20H,9,19,21-23H2,1H3. The quantitative estimate of drug-likeness (QED) is 0.341. The smallest absolute Gasteiger partial charge is 0.0433 e. The third-order valence-corrected chi connectivity index (χ3v) is 6.35. The molecule has 0 unspecified atom stereocenters. The number of rotatable bonds is 6. The van der Waals surface area contributed by atoms with E-state index in [1.54, 1.807) is 0 Å². The third kappa shape index (κ3) is 4.61. The molecule has 0 saturated carbocycles. The molecule has 2 heteroatoms. The van der Waals surface area contributed by atoms with Crippen molar-refractivity contribution in [2.45, 2.75) is 19.5 Å². The van der Waals surface area contributed by atoms with Crippen LogP contribution in [0.4, 0.5) is 5.69 Å². The molecular weight excluding hydrogens is 388 g/mol. The van der Waals surface area contributed by atoms with E-state index in [2.05, 4.69) is 120 Å². The van der Waals surface area contributed by atoms with Crippen molar-refractivity contribution in [3.8, 4) is 0 Å². The van der Waals surface area contributed by atoms with Crippen molar-refractivity contribution in [2.24, 2.45) is 0 Å². The summed E-state index contributed by atoms with van der Waals surface area (Å²) in [4.78, 5) is 4.90. The summed E-state index contributed by atoms with van der Waals surface area (Å²) < 4.78 is 0. The van der Waals surface area contributed by atoms with Gasteiger partial charge in [0.25, 0.3) is 0 Å². The zero-order valence-corrected chi connectivity index (χ0v) is 18.7. The maximum absolute atomic E-state index is 2.49. The van der Waals surface area contributed by atoms with Crippen LogP contribution in [0.25, 0.3) is 16.3 Å². The zero-order valence-electron chi connectivity index (χ0n) is 18.7. The molecule has 4 aromatic rings. The monoisotopic (exact) mass is 418 g/mol. The Morgan fingerprint density at radius 2 is 1.44 bits per heavy atom. The second-order valence-corrected chi connectivity index (χ2v) is 8.79. The van der Waals surface area contributed by atoms with E-state index < -0.39 is 0 Å². The van der Waals surface area contributed by atoms with Gasteiger partial charge in [-0.2, -0.15) is 0 Å². The van der Waals surface area contributed by atoms with Gasteiger partial charge >= 0.3 is 0 Å². The molecule has 1 aliphatic rings. The highest BCUT2D eigenvalue weighted by molar-refractivity contribution is 5.96. The molecule has 0 radical (unpaired) electrons. The van der Waals surface area contributed by atoms with Crippen molar-refractivity contribution in [1.82, 2.24) is 4.90 Å². The molecule has 0 aliphatic carbocycles. The van der Waals surface area contributed by atoms with E-state index in [1.165, 1.54) is 38.7 Å². The molecular formula is C30H30N2. The molecule has 1 heterocycles. The van der Waals surface area contributed by atoms with Gasteiger partial charge in [-0.3, -0.25) is 0 Å². The van der Waals surface area contributed by atoms with Crippen LogP contribution >= 0.6 is 0 Å². The Labute approximate surface area is 191 Å². The lowest BCUT2D eigenvalue weighted by atomic mass is 9.95. The highest BCUT2D eigenvalue weighted by Gasteiger charge is 2.15. The number of anilines is 1. The average molecular weight is 419 g/mol. The Balaban J connectivity index is 1.55. The number of hydrogen-bond acceptors (Lipinski definition) is 2. The van der Waals surface area contributed by atoms with Crippen LogP contribution in [0.15, 0.2) is 103 Å². The molecule has 0 amide bonds. The highest BCUT2D eigenvalue weighted by Crippen LogP contribution is 2.32. The molecule has 5 rings (SSSR count). The molecule has 32 heavy (non-hydrogen) atoms. The number of hydrogen-bond donors (Lipinski definition) is 0. The maximum atomic E-state index is 2.49. The van der Waals surface area contributed by atoms with Crippen LogP contribution < -0.4 is 4.90 Å². The van der Waals surface area contributed by atoms with Crippen LogP contribution in [0.2, 0.25) is 0 Å². The molecule has 0 N–H and O–H groups in total. The van der Waals surface area contributed by atoms with Crippen molar-refractivity contribution < 1.29 is 0 Å².